The highest BCUT2D eigenvalue weighted by molar-refractivity contribution is 5.89. The third-order valence-corrected chi connectivity index (χ3v) is 8.51. The molecule has 0 spiro atoms. The van der Waals surface area contributed by atoms with Gasteiger partial charge < -0.3 is 19.7 Å². The SMILES string of the molecule is Cc1cn(C2C[C@@H](C(=O)Oc3c(F)c(F)c(F)c(F)c3F)N(C(=O)CNC(=O)OCC3c4ccccc4-c4ccccc43)C2)c(=O)[nH]c1=O. The highest BCUT2D eigenvalue weighted by Crippen LogP contribution is 2.44. The Morgan fingerprint density at radius 3 is 2.06 bits per heavy atom. The maximum Gasteiger partial charge on any atom is 0.407 e. The van der Waals surface area contributed by atoms with Crippen LogP contribution in [0.5, 0.6) is 5.75 Å². The molecule has 2 amide bonds. The van der Waals surface area contributed by atoms with Crippen molar-refractivity contribution in [2.75, 3.05) is 19.7 Å². The number of aromatic amines is 1. The summed E-state index contributed by atoms with van der Waals surface area (Å²) in [5.41, 5.74) is 2.37. The lowest BCUT2D eigenvalue weighted by Crippen LogP contribution is -2.47. The minimum Gasteiger partial charge on any atom is -0.449 e. The molecule has 0 radical (unpaired) electrons. The molecular weight excluding hydrogens is 659 g/mol. The summed E-state index contributed by atoms with van der Waals surface area (Å²) < 4.78 is 80.8. The van der Waals surface area contributed by atoms with Crippen molar-refractivity contribution in [1.82, 2.24) is 19.8 Å². The van der Waals surface area contributed by atoms with Crippen molar-refractivity contribution in [3.63, 3.8) is 0 Å². The Morgan fingerprint density at radius 1 is 0.878 bits per heavy atom. The molecule has 2 aliphatic rings. The molecule has 1 aliphatic heterocycles. The Hall–Kier alpha value is -5.80. The van der Waals surface area contributed by atoms with E-state index in [2.05, 4.69) is 15.0 Å². The lowest BCUT2D eigenvalue weighted by Gasteiger charge is -2.23. The molecule has 1 unspecified atom stereocenters. The number of hydrogen-bond donors (Lipinski definition) is 2. The summed E-state index contributed by atoms with van der Waals surface area (Å²) in [6.07, 6.45) is -0.253. The number of carbonyl (C=O) groups is 3. The topological polar surface area (TPSA) is 140 Å². The fourth-order valence-corrected chi connectivity index (χ4v) is 6.11. The summed E-state index contributed by atoms with van der Waals surface area (Å²) >= 11 is 0. The molecule has 1 fully saturated rings. The van der Waals surface area contributed by atoms with Gasteiger partial charge in [0.05, 0.1) is 6.04 Å². The number of nitrogens with zero attached hydrogens (tertiary/aromatic N) is 2. The van der Waals surface area contributed by atoms with E-state index in [1.165, 1.54) is 13.1 Å². The third-order valence-electron chi connectivity index (χ3n) is 8.51. The predicted octanol–water partition coefficient (Wildman–Crippen LogP) is 3.83. The molecule has 1 saturated heterocycles. The predicted molar refractivity (Wildman–Crippen MR) is 160 cm³/mol. The van der Waals surface area contributed by atoms with Crippen LogP contribution >= 0.6 is 0 Å². The number of nitrogens with one attached hydrogen (secondary N) is 2. The van der Waals surface area contributed by atoms with Crippen LogP contribution in [0.4, 0.5) is 26.7 Å². The number of benzene rings is 3. The van der Waals surface area contributed by atoms with E-state index in [-0.39, 0.29) is 18.1 Å². The van der Waals surface area contributed by atoms with E-state index >= 15 is 0 Å². The number of likely N-dealkylation sites (tertiary alicyclic amines) is 1. The number of ether oxygens (including phenoxy) is 2. The van der Waals surface area contributed by atoms with Crippen molar-refractivity contribution in [2.24, 2.45) is 0 Å². The van der Waals surface area contributed by atoms with Gasteiger partial charge in [0.2, 0.25) is 40.7 Å². The molecule has 2 heterocycles. The lowest BCUT2D eigenvalue weighted by atomic mass is 9.98. The molecule has 0 saturated carbocycles. The largest absolute Gasteiger partial charge is 0.449 e. The van der Waals surface area contributed by atoms with Gasteiger partial charge in [-0.05, 0) is 29.2 Å². The Labute approximate surface area is 272 Å². The van der Waals surface area contributed by atoms with Gasteiger partial charge in [-0.2, -0.15) is 8.78 Å². The summed E-state index contributed by atoms with van der Waals surface area (Å²) in [7, 11) is 0. The number of carbonyl (C=O) groups excluding carboxylic acids is 3. The van der Waals surface area contributed by atoms with Crippen LogP contribution in [0, 0.1) is 36.0 Å². The van der Waals surface area contributed by atoms with E-state index < -0.39 is 95.6 Å². The molecule has 3 aromatic carbocycles. The van der Waals surface area contributed by atoms with Gasteiger partial charge in [0.15, 0.2) is 0 Å². The standard InChI is InChI=1S/C33H25F5N4O7/c1-15-12-41(32(46)40-30(15)44)16-10-22(31(45)49-29-27(37)25(35)24(34)26(36)28(29)38)42(13-16)23(43)11-39-33(47)48-14-21-19-8-4-2-6-17(19)18-7-3-5-9-20(18)21/h2-9,12,16,21-22H,10-11,13-14H2,1H3,(H,39,47)(H,40,44,46)/t16?,22-/m0/s1. The summed E-state index contributed by atoms with van der Waals surface area (Å²) in [5.74, 6) is -16.7. The minimum absolute atomic E-state index is 0.0782. The second-order valence-corrected chi connectivity index (χ2v) is 11.4. The molecule has 4 aromatic rings. The zero-order valence-corrected chi connectivity index (χ0v) is 25.4. The van der Waals surface area contributed by atoms with Gasteiger partial charge in [-0.15, -0.1) is 0 Å². The quantitative estimate of drug-likeness (QED) is 0.0992. The van der Waals surface area contributed by atoms with E-state index in [4.69, 9.17) is 4.74 Å². The second kappa shape index (κ2) is 13.0. The molecule has 16 heteroatoms. The Kier molecular flexibility index (Phi) is 8.79. The van der Waals surface area contributed by atoms with Crippen molar-refractivity contribution in [1.29, 1.82) is 0 Å². The van der Waals surface area contributed by atoms with Crippen molar-refractivity contribution < 1.29 is 45.8 Å². The number of fused-ring (bicyclic) bond motifs is 3. The van der Waals surface area contributed by atoms with Crippen LogP contribution in [-0.4, -0.2) is 58.2 Å². The Balaban J connectivity index is 1.18. The molecule has 0 bridgehead atoms. The van der Waals surface area contributed by atoms with Gasteiger partial charge >= 0.3 is 17.8 Å². The van der Waals surface area contributed by atoms with Crippen LogP contribution in [-0.2, 0) is 14.3 Å². The van der Waals surface area contributed by atoms with E-state index in [1.807, 2.05) is 48.5 Å². The van der Waals surface area contributed by atoms with Gasteiger partial charge in [-0.1, -0.05) is 48.5 Å². The van der Waals surface area contributed by atoms with Crippen molar-refractivity contribution >= 4 is 18.0 Å². The number of halogens is 5. The second-order valence-electron chi connectivity index (χ2n) is 11.4. The first-order valence-electron chi connectivity index (χ1n) is 14.8. The zero-order valence-electron chi connectivity index (χ0n) is 25.4. The summed E-state index contributed by atoms with van der Waals surface area (Å²) in [6, 6.07) is 12.5. The van der Waals surface area contributed by atoms with Gasteiger partial charge in [-0.3, -0.25) is 19.1 Å². The number of H-pyrrole nitrogens is 1. The molecular formula is C33H25F5N4O7. The Bertz CT molecular complexity index is 2060. The van der Waals surface area contributed by atoms with Crippen molar-refractivity contribution in [2.45, 2.75) is 31.3 Å². The van der Waals surface area contributed by atoms with Crippen LogP contribution in [0.2, 0.25) is 0 Å². The number of esters is 1. The number of alkyl carbamates (subject to hydrolysis) is 1. The first-order valence-corrected chi connectivity index (χ1v) is 14.8. The molecule has 6 rings (SSSR count). The number of amides is 2. The van der Waals surface area contributed by atoms with E-state index in [9.17, 15) is 45.9 Å². The molecule has 49 heavy (non-hydrogen) atoms. The highest BCUT2D eigenvalue weighted by atomic mass is 19.2. The summed E-state index contributed by atoms with van der Waals surface area (Å²) in [5, 5.41) is 2.28. The normalized spacial score (nSPS) is 16.7. The lowest BCUT2D eigenvalue weighted by molar-refractivity contribution is -0.146. The number of hydrogen-bond acceptors (Lipinski definition) is 7. The summed E-state index contributed by atoms with van der Waals surface area (Å²) in [6.45, 7) is 0.147. The van der Waals surface area contributed by atoms with Crippen molar-refractivity contribution in [3.8, 4) is 16.9 Å². The first-order chi connectivity index (χ1) is 23.4. The fraction of sp³-hybridized carbons (Fsp3) is 0.242. The number of rotatable bonds is 7. The van der Waals surface area contributed by atoms with Gasteiger partial charge in [0.1, 0.15) is 19.2 Å². The maximum atomic E-state index is 14.3. The molecule has 11 nitrogen and oxygen atoms in total. The van der Waals surface area contributed by atoms with Crippen LogP contribution in [0.3, 0.4) is 0 Å². The Morgan fingerprint density at radius 2 is 1.45 bits per heavy atom. The van der Waals surface area contributed by atoms with Gasteiger partial charge in [0.25, 0.3) is 5.56 Å². The highest BCUT2D eigenvalue weighted by Gasteiger charge is 2.43. The van der Waals surface area contributed by atoms with Crippen LogP contribution in [0.15, 0.2) is 64.3 Å². The number of aromatic nitrogens is 2. The molecule has 2 atom stereocenters. The smallest absolute Gasteiger partial charge is 0.407 e. The zero-order chi connectivity index (χ0) is 35.1. The average Bonchev–Trinajstić information content (AvgIpc) is 3.68. The van der Waals surface area contributed by atoms with E-state index in [1.54, 1.807) is 0 Å². The van der Waals surface area contributed by atoms with E-state index in [0.717, 1.165) is 31.7 Å². The first kappa shape index (κ1) is 33.1. The van der Waals surface area contributed by atoms with Crippen LogP contribution < -0.4 is 21.3 Å². The third kappa shape index (κ3) is 6.05. The maximum absolute atomic E-state index is 14.3. The molecule has 2 N–H and O–H groups in total. The van der Waals surface area contributed by atoms with Crippen LogP contribution in [0.1, 0.15) is 35.1 Å². The monoisotopic (exact) mass is 684 g/mol. The van der Waals surface area contributed by atoms with E-state index in [0.29, 0.717) is 0 Å². The van der Waals surface area contributed by atoms with Crippen LogP contribution in [0.25, 0.3) is 11.1 Å². The minimum atomic E-state index is -2.47. The average molecular weight is 685 g/mol. The molecule has 1 aromatic heterocycles. The summed E-state index contributed by atoms with van der Waals surface area (Å²) in [4.78, 5) is 66.6. The molecule has 1 aliphatic carbocycles. The number of aryl methyl sites for hydroxylation is 1. The molecule has 254 valence electrons. The van der Waals surface area contributed by atoms with Crippen molar-refractivity contribution in [3.05, 3.63) is 121 Å². The van der Waals surface area contributed by atoms with Gasteiger partial charge in [-0.25, -0.2) is 27.6 Å². The van der Waals surface area contributed by atoms with Gasteiger partial charge in [0, 0.05) is 30.6 Å². The fourth-order valence-electron chi connectivity index (χ4n) is 6.11.